The number of likely N-dealkylation sites (N-methyl/N-ethyl adjacent to an activating group) is 1. The Balaban J connectivity index is 2.12. The van der Waals surface area contributed by atoms with Gasteiger partial charge < -0.3 is 15.0 Å². The Labute approximate surface area is 190 Å². The van der Waals surface area contributed by atoms with Crippen LogP contribution >= 0.6 is 11.8 Å². The summed E-state index contributed by atoms with van der Waals surface area (Å²) in [5, 5.41) is 2.87. The van der Waals surface area contributed by atoms with Crippen LogP contribution < -0.4 is 10.1 Å². The van der Waals surface area contributed by atoms with E-state index in [-0.39, 0.29) is 11.8 Å². The largest absolute Gasteiger partial charge is 0.497 e. The number of rotatable bonds is 11. The van der Waals surface area contributed by atoms with E-state index in [9.17, 15) is 9.59 Å². The van der Waals surface area contributed by atoms with Gasteiger partial charge in [-0.05, 0) is 50.5 Å². The van der Waals surface area contributed by atoms with Crippen molar-refractivity contribution in [2.24, 2.45) is 0 Å². The van der Waals surface area contributed by atoms with E-state index in [2.05, 4.69) is 37.4 Å². The van der Waals surface area contributed by atoms with Crippen LogP contribution in [0.3, 0.4) is 0 Å². The number of ether oxygens (including phenoxy) is 1. The molecule has 0 spiro atoms. The van der Waals surface area contributed by atoms with E-state index in [0.29, 0.717) is 25.3 Å². The van der Waals surface area contributed by atoms with E-state index in [1.54, 1.807) is 23.8 Å². The quantitative estimate of drug-likeness (QED) is 0.557. The van der Waals surface area contributed by atoms with Crippen molar-refractivity contribution >= 4 is 23.6 Å². The predicted molar refractivity (Wildman–Crippen MR) is 128 cm³/mol. The molecule has 31 heavy (non-hydrogen) atoms. The first-order chi connectivity index (χ1) is 14.9. The summed E-state index contributed by atoms with van der Waals surface area (Å²) >= 11 is 1.59. The number of methoxy groups -OCH3 is 1. The number of nitrogens with one attached hydrogen (secondary N) is 1. The van der Waals surface area contributed by atoms with Gasteiger partial charge >= 0.3 is 0 Å². The van der Waals surface area contributed by atoms with Crippen LogP contribution in [0.2, 0.25) is 0 Å². The summed E-state index contributed by atoms with van der Waals surface area (Å²) in [6, 6.07) is 13.6. The van der Waals surface area contributed by atoms with Gasteiger partial charge in [0.2, 0.25) is 11.8 Å². The fourth-order valence-electron chi connectivity index (χ4n) is 3.63. The Kier molecular flexibility index (Phi) is 9.92. The molecule has 1 atom stereocenters. The Morgan fingerprint density at radius 3 is 2.23 bits per heavy atom. The van der Waals surface area contributed by atoms with Gasteiger partial charge in [-0.3, -0.25) is 9.59 Å². The van der Waals surface area contributed by atoms with Crippen molar-refractivity contribution in [3.63, 3.8) is 0 Å². The van der Waals surface area contributed by atoms with E-state index in [1.165, 1.54) is 16.7 Å². The molecule has 2 rings (SSSR count). The van der Waals surface area contributed by atoms with E-state index >= 15 is 0 Å². The number of hydrogen-bond acceptors (Lipinski definition) is 4. The van der Waals surface area contributed by atoms with Gasteiger partial charge in [0.05, 0.1) is 12.9 Å². The van der Waals surface area contributed by atoms with Gasteiger partial charge in [-0.1, -0.05) is 48.4 Å². The molecule has 1 N–H and O–H groups in total. The molecule has 0 unspecified atom stereocenters. The molecule has 5 nitrogen and oxygen atoms in total. The molecule has 0 aromatic heterocycles. The molecule has 2 aromatic rings. The second kappa shape index (κ2) is 12.4. The van der Waals surface area contributed by atoms with Crippen LogP contribution in [0.25, 0.3) is 0 Å². The molecule has 0 saturated heterocycles. The second-order valence-electron chi connectivity index (χ2n) is 7.68. The van der Waals surface area contributed by atoms with Crippen LogP contribution in [0, 0.1) is 13.8 Å². The van der Waals surface area contributed by atoms with E-state index in [4.69, 9.17) is 4.74 Å². The number of thioether (sulfide) groups is 1. The number of nitrogens with zero attached hydrogens (tertiary/aromatic N) is 1. The molecule has 0 fully saturated rings. The average molecular weight is 443 g/mol. The topological polar surface area (TPSA) is 58.6 Å². The minimum absolute atomic E-state index is 0.0247. The molecule has 6 heteroatoms. The van der Waals surface area contributed by atoms with E-state index < -0.39 is 6.04 Å². The summed E-state index contributed by atoms with van der Waals surface area (Å²) in [6.07, 6.45) is 0.565. The highest BCUT2D eigenvalue weighted by Crippen LogP contribution is 2.20. The van der Waals surface area contributed by atoms with Crippen LogP contribution in [-0.4, -0.2) is 42.2 Å². The zero-order valence-electron chi connectivity index (χ0n) is 19.2. The van der Waals surface area contributed by atoms with Gasteiger partial charge in [-0.25, -0.2) is 0 Å². The Morgan fingerprint density at radius 1 is 1.03 bits per heavy atom. The van der Waals surface area contributed by atoms with Gasteiger partial charge in [0.15, 0.2) is 0 Å². The first-order valence-electron chi connectivity index (χ1n) is 10.7. The van der Waals surface area contributed by atoms with Crippen molar-refractivity contribution in [1.82, 2.24) is 10.2 Å². The van der Waals surface area contributed by atoms with Gasteiger partial charge in [0.1, 0.15) is 11.8 Å². The molecule has 168 valence electrons. The zero-order valence-corrected chi connectivity index (χ0v) is 20.1. The minimum Gasteiger partial charge on any atom is -0.497 e. The van der Waals surface area contributed by atoms with Crippen LogP contribution in [0.5, 0.6) is 5.75 Å². The summed E-state index contributed by atoms with van der Waals surface area (Å²) in [5.41, 5.74) is 4.64. The van der Waals surface area contributed by atoms with Crippen molar-refractivity contribution in [3.05, 3.63) is 64.7 Å². The first-order valence-corrected chi connectivity index (χ1v) is 11.9. The van der Waals surface area contributed by atoms with E-state index in [0.717, 1.165) is 17.1 Å². The van der Waals surface area contributed by atoms with Crippen LogP contribution in [0.4, 0.5) is 0 Å². The number of hydrogen-bond donors (Lipinski definition) is 1. The number of carbonyl (C=O) groups is 2. The molecule has 0 aliphatic rings. The lowest BCUT2D eigenvalue weighted by atomic mass is 10.1. The van der Waals surface area contributed by atoms with Gasteiger partial charge in [-0.2, -0.15) is 0 Å². The van der Waals surface area contributed by atoms with Gasteiger partial charge in [0.25, 0.3) is 0 Å². The van der Waals surface area contributed by atoms with Crippen molar-refractivity contribution in [1.29, 1.82) is 0 Å². The Morgan fingerprint density at radius 2 is 1.68 bits per heavy atom. The number of benzene rings is 2. The lowest BCUT2D eigenvalue weighted by molar-refractivity contribution is -0.139. The number of aryl methyl sites for hydroxylation is 2. The Hall–Kier alpha value is -2.47. The molecule has 0 aliphatic heterocycles. The zero-order chi connectivity index (χ0) is 22.8. The maximum atomic E-state index is 13.2. The van der Waals surface area contributed by atoms with Crippen LogP contribution in [0.15, 0.2) is 42.5 Å². The SMILES string of the molecule is CCNC(=O)[C@@H](CC)N(Cc1ccc(OC)cc1)C(=O)CSCc1cc(C)cc(C)c1. The smallest absolute Gasteiger partial charge is 0.242 e. The Bertz CT molecular complexity index is 847. The highest BCUT2D eigenvalue weighted by molar-refractivity contribution is 7.99. The molecule has 0 saturated carbocycles. The monoisotopic (exact) mass is 442 g/mol. The summed E-state index contributed by atoms with van der Waals surface area (Å²) in [7, 11) is 1.62. The molecular weight excluding hydrogens is 408 g/mol. The average Bonchev–Trinajstić information content (AvgIpc) is 2.73. The van der Waals surface area contributed by atoms with Crippen molar-refractivity contribution in [2.75, 3.05) is 19.4 Å². The fraction of sp³-hybridized carbons (Fsp3) is 0.440. The molecule has 0 radical (unpaired) electrons. The molecule has 2 amide bonds. The van der Waals surface area contributed by atoms with Gasteiger partial charge in [0, 0.05) is 18.8 Å². The molecular formula is C25H34N2O3S. The summed E-state index contributed by atoms with van der Waals surface area (Å²) in [4.78, 5) is 27.6. The summed E-state index contributed by atoms with van der Waals surface area (Å²) < 4.78 is 5.22. The third-order valence-electron chi connectivity index (χ3n) is 5.02. The van der Waals surface area contributed by atoms with Crippen molar-refractivity contribution < 1.29 is 14.3 Å². The van der Waals surface area contributed by atoms with Crippen molar-refractivity contribution in [3.8, 4) is 5.75 Å². The van der Waals surface area contributed by atoms with Gasteiger partial charge in [-0.15, -0.1) is 11.8 Å². The lowest BCUT2D eigenvalue weighted by Gasteiger charge is -2.30. The highest BCUT2D eigenvalue weighted by atomic mass is 32.2. The van der Waals surface area contributed by atoms with E-state index in [1.807, 2.05) is 38.1 Å². The number of carbonyl (C=O) groups excluding carboxylic acids is 2. The third kappa shape index (κ3) is 7.62. The summed E-state index contributed by atoms with van der Waals surface area (Å²) in [6.45, 7) is 8.93. The maximum Gasteiger partial charge on any atom is 0.242 e. The molecule has 0 heterocycles. The number of amides is 2. The molecule has 0 aliphatic carbocycles. The van der Waals surface area contributed by atoms with Crippen molar-refractivity contribution in [2.45, 2.75) is 52.5 Å². The normalized spacial score (nSPS) is 11.6. The fourth-order valence-corrected chi connectivity index (χ4v) is 4.48. The van der Waals surface area contributed by atoms with Crippen LogP contribution in [0.1, 0.15) is 42.5 Å². The summed E-state index contributed by atoms with van der Waals surface area (Å²) in [5.74, 6) is 1.73. The predicted octanol–water partition coefficient (Wildman–Crippen LogP) is 4.49. The molecule has 2 aromatic carbocycles. The second-order valence-corrected chi connectivity index (χ2v) is 8.66. The maximum absolute atomic E-state index is 13.2. The highest BCUT2D eigenvalue weighted by Gasteiger charge is 2.28. The standard InChI is InChI=1S/C25H34N2O3S/c1-6-23(25(29)26-7-2)27(15-20-8-10-22(30-5)11-9-20)24(28)17-31-16-21-13-18(3)12-19(4)14-21/h8-14,23H,6-7,15-17H2,1-5H3,(H,26,29)/t23-/m1/s1. The minimum atomic E-state index is -0.489. The lowest BCUT2D eigenvalue weighted by Crippen LogP contribution is -2.49. The first kappa shape index (κ1) is 24.8. The van der Waals surface area contributed by atoms with Crippen LogP contribution in [-0.2, 0) is 21.9 Å². The molecule has 0 bridgehead atoms. The third-order valence-corrected chi connectivity index (χ3v) is 6.01.